The van der Waals surface area contributed by atoms with E-state index >= 15 is 0 Å². The summed E-state index contributed by atoms with van der Waals surface area (Å²) in [6.07, 6.45) is 4.65. The zero-order chi connectivity index (χ0) is 16.7. The molecule has 1 aromatic rings. The molecular weight excluding hydrogens is 276 g/mol. The standard InChI is InChI=1S/C17H32N4O/c1-12(2)17(22)8-7-15(6)18-10-9-14(5)16-11-21(13(3)4)20-19-16/h11-15,18H,7-10H2,1-6H3. The average molecular weight is 308 g/mol. The van der Waals surface area contributed by atoms with Crippen molar-refractivity contribution in [1.29, 1.82) is 0 Å². The molecule has 5 nitrogen and oxygen atoms in total. The first-order valence-electron chi connectivity index (χ1n) is 8.49. The van der Waals surface area contributed by atoms with Gasteiger partial charge in [-0.25, -0.2) is 4.68 Å². The number of Topliss-reactive ketones (excluding diaryl/α,β-unsaturated/α-hetero) is 1. The van der Waals surface area contributed by atoms with E-state index in [2.05, 4.69) is 43.3 Å². The molecule has 0 spiro atoms. The van der Waals surface area contributed by atoms with Gasteiger partial charge in [0.15, 0.2) is 0 Å². The van der Waals surface area contributed by atoms with Crippen molar-refractivity contribution in [2.45, 2.75) is 78.8 Å². The van der Waals surface area contributed by atoms with Gasteiger partial charge in [-0.2, -0.15) is 0 Å². The topological polar surface area (TPSA) is 59.8 Å². The predicted molar refractivity (Wildman–Crippen MR) is 90.0 cm³/mol. The summed E-state index contributed by atoms with van der Waals surface area (Å²) in [5.41, 5.74) is 1.05. The van der Waals surface area contributed by atoms with Crippen molar-refractivity contribution < 1.29 is 4.79 Å². The molecule has 0 aromatic carbocycles. The van der Waals surface area contributed by atoms with Crippen molar-refractivity contribution in [2.24, 2.45) is 5.92 Å². The van der Waals surface area contributed by atoms with Gasteiger partial charge >= 0.3 is 0 Å². The molecular formula is C17H32N4O. The van der Waals surface area contributed by atoms with E-state index in [-0.39, 0.29) is 5.92 Å². The van der Waals surface area contributed by atoms with Gasteiger partial charge < -0.3 is 5.32 Å². The maximum Gasteiger partial charge on any atom is 0.135 e. The smallest absolute Gasteiger partial charge is 0.135 e. The Kier molecular flexibility index (Phi) is 7.73. The van der Waals surface area contributed by atoms with Crippen molar-refractivity contribution in [3.63, 3.8) is 0 Å². The van der Waals surface area contributed by atoms with E-state index in [4.69, 9.17) is 0 Å². The van der Waals surface area contributed by atoms with Crippen LogP contribution in [0.5, 0.6) is 0 Å². The minimum Gasteiger partial charge on any atom is -0.314 e. The Morgan fingerprint density at radius 3 is 2.41 bits per heavy atom. The highest BCUT2D eigenvalue weighted by atomic mass is 16.1. The zero-order valence-corrected chi connectivity index (χ0v) is 15.0. The van der Waals surface area contributed by atoms with Gasteiger partial charge in [0.2, 0.25) is 0 Å². The number of hydrogen-bond donors (Lipinski definition) is 1. The van der Waals surface area contributed by atoms with Gasteiger partial charge in [0, 0.05) is 36.5 Å². The van der Waals surface area contributed by atoms with E-state index in [9.17, 15) is 4.79 Å². The van der Waals surface area contributed by atoms with Gasteiger partial charge in [0.25, 0.3) is 0 Å². The van der Waals surface area contributed by atoms with Crippen LogP contribution in [0.25, 0.3) is 0 Å². The fourth-order valence-corrected chi connectivity index (χ4v) is 2.21. The Morgan fingerprint density at radius 1 is 1.18 bits per heavy atom. The highest BCUT2D eigenvalue weighted by molar-refractivity contribution is 5.80. The van der Waals surface area contributed by atoms with Crippen LogP contribution in [0.15, 0.2) is 6.20 Å². The van der Waals surface area contributed by atoms with Gasteiger partial charge in [-0.05, 0) is 40.2 Å². The van der Waals surface area contributed by atoms with E-state index in [0.29, 0.717) is 30.2 Å². The quantitative estimate of drug-likeness (QED) is 0.720. The molecule has 1 N–H and O–H groups in total. The lowest BCUT2D eigenvalue weighted by atomic mass is 10.0. The number of hydrogen-bond acceptors (Lipinski definition) is 4. The Balaban J connectivity index is 2.26. The van der Waals surface area contributed by atoms with Gasteiger partial charge in [-0.1, -0.05) is 26.0 Å². The van der Waals surface area contributed by atoms with Crippen LogP contribution in [0.1, 0.15) is 78.5 Å². The first kappa shape index (κ1) is 18.8. The minimum atomic E-state index is 0.149. The molecule has 0 saturated carbocycles. The number of ketones is 1. The molecule has 0 aliphatic heterocycles. The maximum atomic E-state index is 11.6. The summed E-state index contributed by atoms with van der Waals surface area (Å²) >= 11 is 0. The lowest BCUT2D eigenvalue weighted by molar-refractivity contribution is -0.122. The van der Waals surface area contributed by atoms with Crippen LogP contribution in [0.2, 0.25) is 0 Å². The highest BCUT2D eigenvalue weighted by Crippen LogP contribution is 2.16. The van der Waals surface area contributed by atoms with Crippen LogP contribution in [0, 0.1) is 5.92 Å². The molecule has 2 atom stereocenters. The third kappa shape index (κ3) is 6.26. The van der Waals surface area contributed by atoms with E-state index in [1.165, 1.54) is 0 Å². The summed E-state index contributed by atoms with van der Waals surface area (Å²) < 4.78 is 1.90. The van der Waals surface area contributed by atoms with Crippen LogP contribution < -0.4 is 5.32 Å². The average Bonchev–Trinajstić information content (AvgIpc) is 2.94. The third-order valence-electron chi connectivity index (χ3n) is 4.10. The predicted octanol–water partition coefficient (Wildman–Crippen LogP) is 3.34. The first-order valence-corrected chi connectivity index (χ1v) is 8.49. The molecule has 5 heteroatoms. The SMILES string of the molecule is CC(CCC(=O)C(C)C)NCCC(C)c1cn(C(C)C)nn1. The number of rotatable bonds is 10. The summed E-state index contributed by atoms with van der Waals surface area (Å²) in [5.74, 6) is 0.896. The van der Waals surface area contributed by atoms with Crippen LogP contribution in [0.3, 0.4) is 0 Å². The first-order chi connectivity index (χ1) is 10.3. The molecule has 126 valence electrons. The summed E-state index contributed by atoms with van der Waals surface area (Å²) in [6, 6.07) is 0.728. The second kappa shape index (κ2) is 9.03. The molecule has 1 heterocycles. The summed E-state index contributed by atoms with van der Waals surface area (Å²) in [7, 11) is 0. The van der Waals surface area contributed by atoms with Crippen LogP contribution >= 0.6 is 0 Å². The molecule has 0 saturated heterocycles. The lowest BCUT2D eigenvalue weighted by Crippen LogP contribution is -2.28. The maximum absolute atomic E-state index is 11.6. The molecule has 1 rings (SSSR count). The number of carbonyl (C=O) groups excluding carboxylic acids is 1. The second-order valence-electron chi connectivity index (χ2n) is 6.92. The zero-order valence-electron chi connectivity index (χ0n) is 15.0. The van der Waals surface area contributed by atoms with Gasteiger partial charge in [-0.3, -0.25) is 4.79 Å². The largest absolute Gasteiger partial charge is 0.314 e. The molecule has 0 radical (unpaired) electrons. The van der Waals surface area contributed by atoms with E-state index < -0.39 is 0 Å². The van der Waals surface area contributed by atoms with Gasteiger partial charge in [-0.15, -0.1) is 5.10 Å². The molecule has 0 aliphatic carbocycles. The van der Waals surface area contributed by atoms with E-state index in [0.717, 1.165) is 25.1 Å². The van der Waals surface area contributed by atoms with Crippen molar-refractivity contribution in [3.05, 3.63) is 11.9 Å². The molecule has 0 bridgehead atoms. The van der Waals surface area contributed by atoms with Crippen LogP contribution in [0.4, 0.5) is 0 Å². The molecule has 22 heavy (non-hydrogen) atoms. The monoisotopic (exact) mass is 308 g/mol. The normalized spacial score (nSPS) is 14.5. The van der Waals surface area contributed by atoms with Crippen molar-refractivity contribution >= 4 is 5.78 Å². The van der Waals surface area contributed by atoms with Crippen molar-refractivity contribution in [2.75, 3.05) is 6.54 Å². The van der Waals surface area contributed by atoms with Crippen LogP contribution in [-0.2, 0) is 4.79 Å². The molecule has 0 amide bonds. The van der Waals surface area contributed by atoms with Crippen LogP contribution in [-0.4, -0.2) is 33.4 Å². The Bertz CT molecular complexity index is 453. The molecule has 1 aromatic heterocycles. The summed E-state index contributed by atoms with van der Waals surface area (Å²) in [4.78, 5) is 11.6. The minimum absolute atomic E-state index is 0.149. The Hall–Kier alpha value is -1.23. The lowest BCUT2D eigenvalue weighted by Gasteiger charge is -2.15. The fraction of sp³-hybridized carbons (Fsp3) is 0.824. The number of carbonyl (C=O) groups is 1. The second-order valence-corrected chi connectivity index (χ2v) is 6.92. The van der Waals surface area contributed by atoms with E-state index in [1.807, 2.05) is 24.7 Å². The fourth-order valence-electron chi connectivity index (χ4n) is 2.21. The molecule has 2 unspecified atom stereocenters. The van der Waals surface area contributed by atoms with E-state index in [1.54, 1.807) is 0 Å². The number of aromatic nitrogens is 3. The number of nitrogens with one attached hydrogen (secondary N) is 1. The molecule has 0 fully saturated rings. The van der Waals surface area contributed by atoms with Crippen molar-refractivity contribution in [1.82, 2.24) is 20.3 Å². The highest BCUT2D eigenvalue weighted by Gasteiger charge is 2.13. The Morgan fingerprint density at radius 2 is 1.86 bits per heavy atom. The summed E-state index contributed by atoms with van der Waals surface area (Å²) in [5, 5.41) is 11.9. The number of nitrogens with zero attached hydrogens (tertiary/aromatic N) is 3. The van der Waals surface area contributed by atoms with Crippen molar-refractivity contribution in [3.8, 4) is 0 Å². The summed E-state index contributed by atoms with van der Waals surface area (Å²) in [6.45, 7) is 13.4. The third-order valence-corrected chi connectivity index (χ3v) is 4.10. The molecule has 0 aliphatic rings. The van der Waals surface area contributed by atoms with Gasteiger partial charge in [0.1, 0.15) is 5.78 Å². The van der Waals surface area contributed by atoms with Gasteiger partial charge in [0.05, 0.1) is 5.69 Å². The Labute approximate surface area is 134 Å².